The molecule has 1 fully saturated rings. The Labute approximate surface area is 126 Å². The summed E-state index contributed by atoms with van der Waals surface area (Å²) in [6, 6.07) is 0.672. The van der Waals surface area contributed by atoms with Crippen molar-refractivity contribution in [2.45, 2.75) is 71.4 Å². The van der Waals surface area contributed by atoms with E-state index in [1.54, 1.807) is 0 Å². The van der Waals surface area contributed by atoms with E-state index in [9.17, 15) is 0 Å². The van der Waals surface area contributed by atoms with Gasteiger partial charge in [-0.15, -0.1) is 6.58 Å². The third-order valence-corrected chi connectivity index (χ3v) is 4.53. The Morgan fingerprint density at radius 3 is 2.15 bits per heavy atom. The van der Waals surface area contributed by atoms with Gasteiger partial charge in [-0.1, -0.05) is 12.2 Å². The molecule has 0 aromatic rings. The molecule has 1 rings (SSSR count). The largest absolute Gasteiger partial charge is 0.375 e. The lowest BCUT2D eigenvalue weighted by Gasteiger charge is -2.44. The van der Waals surface area contributed by atoms with Crippen LogP contribution in [0.1, 0.15) is 59.8 Å². The van der Waals surface area contributed by atoms with Crippen LogP contribution in [0.2, 0.25) is 0 Å². The minimum atomic E-state index is 0.308. The Hall–Kier alpha value is -0.760. The molecule has 0 radical (unpaired) electrons. The number of rotatable bonds is 6. The molecule has 0 bridgehead atoms. The molecule has 0 aromatic heterocycles. The van der Waals surface area contributed by atoms with Gasteiger partial charge in [0.05, 0.1) is 0 Å². The average molecular weight is 278 g/mol. The van der Waals surface area contributed by atoms with Crippen molar-refractivity contribution >= 4 is 0 Å². The third-order valence-electron chi connectivity index (χ3n) is 4.53. The molecule has 0 atom stereocenters. The molecule has 0 saturated carbocycles. The van der Waals surface area contributed by atoms with Gasteiger partial charge in [-0.25, -0.2) is 0 Å². The molecule has 0 N–H and O–H groups in total. The van der Waals surface area contributed by atoms with Gasteiger partial charge in [0.2, 0.25) is 0 Å². The van der Waals surface area contributed by atoms with Gasteiger partial charge in [0, 0.05) is 37.4 Å². The van der Waals surface area contributed by atoms with Crippen LogP contribution in [0.3, 0.4) is 0 Å². The lowest BCUT2D eigenvalue weighted by atomic mass is 9.96. The Kier molecular flexibility index (Phi) is 6.32. The third kappa shape index (κ3) is 5.32. The van der Waals surface area contributed by atoms with E-state index in [2.05, 4.69) is 57.7 Å². The first-order valence-corrected chi connectivity index (χ1v) is 8.02. The molecule has 2 heteroatoms. The maximum atomic E-state index is 4.28. The molecule has 20 heavy (non-hydrogen) atoms. The van der Waals surface area contributed by atoms with E-state index in [1.165, 1.54) is 43.6 Å². The summed E-state index contributed by atoms with van der Waals surface area (Å²) in [5, 5.41) is 0. The monoisotopic (exact) mass is 278 g/mol. The van der Waals surface area contributed by atoms with Gasteiger partial charge in [-0.2, -0.15) is 0 Å². The van der Waals surface area contributed by atoms with E-state index < -0.39 is 0 Å². The van der Waals surface area contributed by atoms with Crippen LogP contribution in [0.25, 0.3) is 0 Å². The smallest absolute Gasteiger partial charge is 0.0307 e. The van der Waals surface area contributed by atoms with Gasteiger partial charge >= 0.3 is 0 Å². The van der Waals surface area contributed by atoms with Crippen molar-refractivity contribution in [2.24, 2.45) is 0 Å². The van der Waals surface area contributed by atoms with Crippen LogP contribution < -0.4 is 0 Å². The van der Waals surface area contributed by atoms with Crippen molar-refractivity contribution in [1.29, 1.82) is 0 Å². The highest BCUT2D eigenvalue weighted by Gasteiger charge is 2.28. The van der Waals surface area contributed by atoms with Gasteiger partial charge in [0.15, 0.2) is 0 Å². The van der Waals surface area contributed by atoms with Gasteiger partial charge in [0.25, 0.3) is 0 Å². The van der Waals surface area contributed by atoms with E-state index in [4.69, 9.17) is 0 Å². The highest BCUT2D eigenvalue weighted by Crippen LogP contribution is 2.25. The van der Waals surface area contributed by atoms with Crippen LogP contribution in [0.15, 0.2) is 24.4 Å². The fourth-order valence-electron chi connectivity index (χ4n) is 2.95. The Balaban J connectivity index is 2.36. The predicted octanol–water partition coefficient (Wildman–Crippen LogP) is 4.44. The SMILES string of the molecule is C=C(C)CCCC(=C)N(C)C1CCN(C(C)(C)C)CC1. The lowest BCUT2D eigenvalue weighted by Crippen LogP contribution is -2.50. The number of hydrogen-bond donors (Lipinski definition) is 0. The predicted molar refractivity (Wildman–Crippen MR) is 89.9 cm³/mol. The Morgan fingerprint density at radius 1 is 1.15 bits per heavy atom. The molecule has 1 heterocycles. The summed E-state index contributed by atoms with van der Waals surface area (Å²) >= 11 is 0. The van der Waals surface area contributed by atoms with Gasteiger partial charge in [0.1, 0.15) is 0 Å². The molecule has 2 nitrogen and oxygen atoms in total. The van der Waals surface area contributed by atoms with Gasteiger partial charge < -0.3 is 4.90 Å². The standard InChI is InChI=1S/C18H34N2/c1-15(2)9-8-10-16(3)19(7)17-11-13-20(14-12-17)18(4,5)6/h17H,1,3,8-14H2,2,4-7H3. The average Bonchev–Trinajstić information content (AvgIpc) is 2.36. The van der Waals surface area contributed by atoms with Gasteiger partial charge in [-0.05, 0) is 59.8 Å². The fraction of sp³-hybridized carbons (Fsp3) is 0.778. The first-order valence-electron chi connectivity index (χ1n) is 8.02. The minimum Gasteiger partial charge on any atom is -0.375 e. The molecular formula is C18H34N2. The number of nitrogens with zero attached hydrogens (tertiary/aromatic N) is 2. The summed E-state index contributed by atoms with van der Waals surface area (Å²) in [7, 11) is 2.22. The lowest BCUT2D eigenvalue weighted by molar-refractivity contribution is 0.0739. The summed E-state index contributed by atoms with van der Waals surface area (Å²) in [6.45, 7) is 19.7. The van der Waals surface area contributed by atoms with Crippen molar-refractivity contribution in [3.8, 4) is 0 Å². The van der Waals surface area contributed by atoms with Crippen LogP contribution >= 0.6 is 0 Å². The second-order valence-corrected chi connectivity index (χ2v) is 7.38. The van der Waals surface area contributed by atoms with Crippen molar-refractivity contribution in [2.75, 3.05) is 20.1 Å². The highest BCUT2D eigenvalue weighted by atomic mass is 15.2. The molecule has 0 unspecified atom stereocenters. The molecule has 1 aliphatic rings. The van der Waals surface area contributed by atoms with Crippen LogP contribution in [-0.2, 0) is 0 Å². The normalized spacial score (nSPS) is 18.1. The van der Waals surface area contributed by atoms with E-state index in [-0.39, 0.29) is 0 Å². The molecule has 1 saturated heterocycles. The molecule has 0 aliphatic carbocycles. The maximum absolute atomic E-state index is 4.28. The number of allylic oxidation sites excluding steroid dienone is 2. The van der Waals surface area contributed by atoms with E-state index in [0.717, 1.165) is 12.8 Å². The number of piperidine rings is 1. The summed E-state index contributed by atoms with van der Waals surface area (Å²) in [4.78, 5) is 5.03. The fourth-order valence-corrected chi connectivity index (χ4v) is 2.95. The zero-order chi connectivity index (χ0) is 15.3. The van der Waals surface area contributed by atoms with Crippen molar-refractivity contribution in [3.63, 3.8) is 0 Å². The van der Waals surface area contributed by atoms with Crippen molar-refractivity contribution < 1.29 is 0 Å². The topological polar surface area (TPSA) is 6.48 Å². The number of hydrogen-bond acceptors (Lipinski definition) is 2. The zero-order valence-corrected chi connectivity index (χ0v) is 14.3. The first-order chi connectivity index (χ1) is 9.21. The molecule has 1 aliphatic heterocycles. The van der Waals surface area contributed by atoms with Crippen LogP contribution in [0.5, 0.6) is 0 Å². The van der Waals surface area contributed by atoms with Gasteiger partial charge in [-0.3, -0.25) is 4.90 Å². The van der Waals surface area contributed by atoms with E-state index >= 15 is 0 Å². The second kappa shape index (κ2) is 7.31. The Morgan fingerprint density at radius 2 is 1.70 bits per heavy atom. The quantitative estimate of drug-likeness (QED) is 0.663. The van der Waals surface area contributed by atoms with Crippen LogP contribution in [-0.4, -0.2) is 41.5 Å². The zero-order valence-electron chi connectivity index (χ0n) is 14.3. The Bertz CT molecular complexity index is 330. The molecule has 0 amide bonds. The maximum Gasteiger partial charge on any atom is 0.0307 e. The molecular weight excluding hydrogens is 244 g/mol. The summed E-state index contributed by atoms with van der Waals surface area (Å²) in [5.41, 5.74) is 2.88. The minimum absolute atomic E-state index is 0.308. The summed E-state index contributed by atoms with van der Waals surface area (Å²) in [6.07, 6.45) is 5.91. The first kappa shape index (κ1) is 17.3. The van der Waals surface area contributed by atoms with Crippen molar-refractivity contribution in [1.82, 2.24) is 9.80 Å². The molecule has 116 valence electrons. The van der Waals surface area contributed by atoms with Crippen LogP contribution in [0, 0.1) is 0 Å². The highest BCUT2D eigenvalue weighted by molar-refractivity contribution is 4.99. The molecule has 0 aromatic carbocycles. The second-order valence-electron chi connectivity index (χ2n) is 7.38. The van der Waals surface area contributed by atoms with Crippen LogP contribution in [0.4, 0.5) is 0 Å². The summed E-state index contributed by atoms with van der Waals surface area (Å²) < 4.78 is 0. The van der Waals surface area contributed by atoms with E-state index in [1.807, 2.05) is 0 Å². The number of likely N-dealkylation sites (tertiary alicyclic amines) is 1. The van der Waals surface area contributed by atoms with E-state index in [0.29, 0.717) is 11.6 Å². The van der Waals surface area contributed by atoms with Crippen molar-refractivity contribution in [3.05, 3.63) is 24.4 Å². The molecule has 0 spiro atoms. The summed E-state index contributed by atoms with van der Waals surface area (Å²) in [5.74, 6) is 0.